The minimum absolute atomic E-state index is 0.477. The number of benzene rings is 2. The summed E-state index contributed by atoms with van der Waals surface area (Å²) in [5.74, 6) is 0.865. The maximum absolute atomic E-state index is 7.45. The van der Waals surface area contributed by atoms with Crippen molar-refractivity contribution in [1.29, 1.82) is 0 Å². The van der Waals surface area contributed by atoms with E-state index >= 15 is 0 Å². The summed E-state index contributed by atoms with van der Waals surface area (Å²) < 4.78 is 28.3. The van der Waals surface area contributed by atoms with Crippen molar-refractivity contribution in [2.24, 2.45) is 0 Å². The minimum atomic E-state index is -2.05. The molecule has 0 bridgehead atoms. The van der Waals surface area contributed by atoms with Gasteiger partial charge in [-0.2, -0.15) is 0 Å². The third kappa shape index (κ3) is 3.01. The van der Waals surface area contributed by atoms with Crippen LogP contribution in [0.4, 0.5) is 0 Å². The molecule has 0 saturated carbocycles. The fourth-order valence-corrected chi connectivity index (χ4v) is 2.65. The molecule has 0 atom stereocenters. The van der Waals surface area contributed by atoms with Gasteiger partial charge < -0.3 is 9.64 Å². The first-order valence-corrected chi connectivity index (χ1v) is 7.19. The van der Waals surface area contributed by atoms with Gasteiger partial charge in [-0.1, -0.05) is 48.5 Å². The summed E-state index contributed by atoms with van der Waals surface area (Å²) in [5.41, 5.74) is 4.46. The molecule has 2 heteroatoms. The first-order chi connectivity index (χ1) is 11.5. The van der Waals surface area contributed by atoms with Crippen molar-refractivity contribution < 1.29 is 8.85 Å². The van der Waals surface area contributed by atoms with Gasteiger partial charge in [-0.05, 0) is 43.2 Å². The summed E-state index contributed by atoms with van der Waals surface area (Å²) in [5, 5.41) is 0. The number of ether oxygens (including phenoxy) is 1. The van der Waals surface area contributed by atoms with Crippen LogP contribution >= 0.6 is 0 Å². The molecular formula is C19H21NO. The molecule has 0 saturated heterocycles. The van der Waals surface area contributed by atoms with E-state index in [0.29, 0.717) is 19.6 Å². The van der Waals surface area contributed by atoms with Crippen LogP contribution in [0.2, 0.25) is 0 Å². The molecule has 0 spiro atoms. The average molecular weight is 283 g/mol. The van der Waals surface area contributed by atoms with E-state index in [2.05, 4.69) is 24.3 Å². The van der Waals surface area contributed by atoms with Crippen LogP contribution in [0.3, 0.4) is 0 Å². The highest BCUT2D eigenvalue weighted by Crippen LogP contribution is 2.36. The number of hydrogen-bond donors (Lipinski definition) is 0. The Bertz CT molecular complexity index is 703. The number of nitrogens with zero attached hydrogens (tertiary/aromatic N) is 1. The molecule has 108 valence electrons. The Hall–Kier alpha value is -2.06. The van der Waals surface area contributed by atoms with E-state index in [1.165, 1.54) is 4.90 Å². The van der Waals surface area contributed by atoms with Crippen LogP contribution in [0.15, 0.2) is 54.6 Å². The normalized spacial score (nSPS) is 18.0. The summed E-state index contributed by atoms with van der Waals surface area (Å²) in [6, 6.07) is 16.2. The Morgan fingerprint density at radius 3 is 2.76 bits per heavy atom. The van der Waals surface area contributed by atoms with Gasteiger partial charge >= 0.3 is 0 Å². The number of para-hydroxylation sites is 1. The Morgan fingerprint density at radius 2 is 1.90 bits per heavy atom. The zero-order valence-corrected chi connectivity index (χ0v) is 12.2. The minimum Gasteiger partial charge on any atom is -0.488 e. The molecule has 2 aromatic rings. The van der Waals surface area contributed by atoms with Crippen molar-refractivity contribution in [3.63, 3.8) is 0 Å². The van der Waals surface area contributed by atoms with E-state index in [1.54, 1.807) is 7.05 Å². The van der Waals surface area contributed by atoms with Crippen molar-refractivity contribution >= 4 is 5.57 Å². The van der Waals surface area contributed by atoms with Gasteiger partial charge in [0.25, 0.3) is 0 Å². The Kier molecular flexibility index (Phi) is 3.11. The highest BCUT2D eigenvalue weighted by molar-refractivity contribution is 5.84. The van der Waals surface area contributed by atoms with Crippen LogP contribution in [-0.2, 0) is 6.61 Å². The lowest BCUT2D eigenvalue weighted by Gasteiger charge is -2.12. The molecule has 0 radical (unpaired) electrons. The van der Waals surface area contributed by atoms with Gasteiger partial charge in [0.05, 0.1) is 0 Å². The van der Waals surface area contributed by atoms with Gasteiger partial charge in [0.2, 0.25) is 0 Å². The highest BCUT2D eigenvalue weighted by Gasteiger charge is 2.17. The van der Waals surface area contributed by atoms with Crippen LogP contribution < -0.4 is 4.74 Å². The molecule has 1 aliphatic heterocycles. The quantitative estimate of drug-likeness (QED) is 0.791. The molecule has 0 aromatic heterocycles. The number of rotatable bonds is 3. The van der Waals surface area contributed by atoms with Crippen molar-refractivity contribution in [2.45, 2.75) is 13.0 Å². The van der Waals surface area contributed by atoms with Crippen LogP contribution in [0.25, 0.3) is 5.57 Å². The fourth-order valence-electron chi connectivity index (χ4n) is 2.65. The molecule has 2 nitrogen and oxygen atoms in total. The number of hydrogen-bond acceptors (Lipinski definition) is 2. The van der Waals surface area contributed by atoms with Crippen molar-refractivity contribution in [3.05, 3.63) is 71.3 Å². The van der Waals surface area contributed by atoms with Crippen molar-refractivity contribution in [3.8, 4) is 5.75 Å². The maximum atomic E-state index is 7.45. The molecule has 0 unspecified atom stereocenters. The lowest BCUT2D eigenvalue weighted by atomic mass is 9.93. The van der Waals surface area contributed by atoms with Crippen molar-refractivity contribution in [1.82, 2.24) is 4.90 Å². The zero-order chi connectivity index (χ0) is 17.2. The second kappa shape index (κ2) is 6.15. The second-order valence-electron chi connectivity index (χ2n) is 5.27. The molecular weight excluding hydrogens is 259 g/mol. The summed E-state index contributed by atoms with van der Waals surface area (Å²) >= 11 is 0. The van der Waals surface area contributed by atoms with Gasteiger partial charge in [-0.15, -0.1) is 0 Å². The van der Waals surface area contributed by atoms with Gasteiger partial charge in [0.1, 0.15) is 12.4 Å². The maximum Gasteiger partial charge on any atom is 0.127 e. The van der Waals surface area contributed by atoms with E-state index in [9.17, 15) is 0 Å². The van der Waals surface area contributed by atoms with Crippen molar-refractivity contribution in [2.75, 3.05) is 20.6 Å². The van der Waals surface area contributed by atoms with Crippen LogP contribution in [-0.4, -0.2) is 25.5 Å². The van der Waals surface area contributed by atoms with Gasteiger partial charge in [-0.25, -0.2) is 0 Å². The van der Waals surface area contributed by atoms with Gasteiger partial charge in [0.15, 0.2) is 0 Å². The summed E-state index contributed by atoms with van der Waals surface area (Å²) in [6.07, 6.45) is 2.78. The van der Waals surface area contributed by atoms with E-state index in [-0.39, 0.29) is 0 Å². The summed E-state index contributed by atoms with van der Waals surface area (Å²) in [4.78, 5) is 1.40. The average Bonchev–Trinajstić information content (AvgIpc) is 2.72. The molecule has 3 rings (SSSR count). The molecule has 0 N–H and O–H groups in total. The van der Waals surface area contributed by atoms with E-state index in [1.807, 2.05) is 30.3 Å². The molecule has 0 fully saturated rings. The SMILES string of the molecule is [2H][13C]([2H])([2H])N(C)CCC=C1c2ccccc2COc2ccccc21. The van der Waals surface area contributed by atoms with Crippen LogP contribution in [0, 0.1) is 0 Å². The predicted octanol–water partition coefficient (Wildman–Crippen LogP) is 3.96. The molecule has 0 amide bonds. The second-order valence-corrected chi connectivity index (χ2v) is 5.27. The fraction of sp³-hybridized carbons (Fsp3) is 0.263. The van der Waals surface area contributed by atoms with Crippen LogP contribution in [0.1, 0.15) is 27.2 Å². The summed E-state index contributed by atoms with van der Waals surface area (Å²) in [6.45, 7) is -1.04. The largest absolute Gasteiger partial charge is 0.488 e. The van der Waals surface area contributed by atoms with Crippen LogP contribution in [0.5, 0.6) is 5.75 Å². The lowest BCUT2D eigenvalue weighted by molar-refractivity contribution is 0.307. The van der Waals surface area contributed by atoms with E-state index in [4.69, 9.17) is 8.85 Å². The molecule has 2 aromatic carbocycles. The monoisotopic (exact) mass is 283 g/mol. The molecule has 0 aliphatic carbocycles. The third-order valence-corrected chi connectivity index (χ3v) is 3.68. The smallest absolute Gasteiger partial charge is 0.127 e. The Balaban J connectivity index is 1.95. The topological polar surface area (TPSA) is 12.5 Å². The van der Waals surface area contributed by atoms with Gasteiger partial charge in [-0.3, -0.25) is 0 Å². The molecule has 1 heterocycles. The summed E-state index contributed by atoms with van der Waals surface area (Å²) in [7, 11) is 1.63. The molecule has 1 aliphatic rings. The predicted molar refractivity (Wildman–Crippen MR) is 87.5 cm³/mol. The van der Waals surface area contributed by atoms with E-state index in [0.717, 1.165) is 28.0 Å². The van der Waals surface area contributed by atoms with E-state index < -0.39 is 6.98 Å². The lowest BCUT2D eigenvalue weighted by Crippen LogP contribution is -2.12. The zero-order valence-electron chi connectivity index (χ0n) is 15.2. The number of fused-ring (bicyclic) bond motifs is 2. The first kappa shape index (κ1) is 10.6. The molecule has 21 heavy (non-hydrogen) atoms. The van der Waals surface area contributed by atoms with Gasteiger partial charge in [0, 0.05) is 16.2 Å². The Labute approximate surface area is 130 Å². The standard InChI is InChI=1S/C19H21NO/c1-20(2)13-7-11-17-16-9-4-3-8-15(16)14-21-19-12-6-5-10-18(17)19/h3-6,8-12H,7,13-14H2,1-2H3/i1+1D3. The Morgan fingerprint density at radius 1 is 1.14 bits per heavy atom. The third-order valence-electron chi connectivity index (χ3n) is 3.68. The first-order valence-electron chi connectivity index (χ1n) is 8.69. The highest BCUT2D eigenvalue weighted by atomic mass is 16.5.